The molecule has 2 unspecified atom stereocenters. The number of imidazole rings is 1. The molecular weight excluding hydrogens is 428 g/mol. The van der Waals surface area contributed by atoms with Crippen LogP contribution < -0.4 is 0 Å². The highest BCUT2D eigenvalue weighted by atomic mass is 32.2. The Morgan fingerprint density at radius 1 is 1.19 bits per heavy atom. The first kappa shape index (κ1) is 22.7. The van der Waals surface area contributed by atoms with Crippen molar-refractivity contribution in [2.45, 2.75) is 74.8 Å². The van der Waals surface area contributed by atoms with E-state index in [9.17, 15) is 18.0 Å². The van der Waals surface area contributed by atoms with Gasteiger partial charge in [-0.3, -0.25) is 9.59 Å². The predicted octanol–water partition coefficient (Wildman–Crippen LogP) is 3.96. The maximum Gasteiger partial charge on any atom is 0.318 e. The van der Waals surface area contributed by atoms with Gasteiger partial charge >= 0.3 is 5.97 Å². The number of ether oxygens (including phenoxy) is 1. The summed E-state index contributed by atoms with van der Waals surface area (Å²) in [6, 6.07) is 7.27. The largest absolute Gasteiger partial charge is 0.450 e. The number of nitrogens with one attached hydrogen (secondary N) is 1. The van der Waals surface area contributed by atoms with Gasteiger partial charge in [0.2, 0.25) is 15.0 Å². The Balaban J connectivity index is 1.65. The van der Waals surface area contributed by atoms with Crippen LogP contribution >= 0.6 is 0 Å². The van der Waals surface area contributed by atoms with Crippen LogP contribution in [0, 0.1) is 11.8 Å². The highest BCUT2D eigenvalue weighted by Gasteiger charge is 2.58. The third-order valence-electron chi connectivity index (χ3n) is 6.54. The minimum absolute atomic E-state index is 0.0693. The number of carbonyl (C=O) groups excluding carboxylic acids is 2. The molecule has 2 aromatic rings. The Kier molecular flexibility index (Phi) is 6.25. The zero-order valence-electron chi connectivity index (χ0n) is 18.5. The number of H-pyrrole nitrogens is 1. The van der Waals surface area contributed by atoms with Crippen molar-refractivity contribution in [3.05, 3.63) is 47.8 Å². The third kappa shape index (κ3) is 4.25. The van der Waals surface area contributed by atoms with Crippen molar-refractivity contribution in [3.8, 4) is 0 Å². The van der Waals surface area contributed by atoms with Crippen LogP contribution in [0.15, 0.2) is 41.8 Å². The lowest BCUT2D eigenvalue weighted by molar-refractivity contribution is -0.154. The summed E-state index contributed by atoms with van der Waals surface area (Å²) in [4.78, 5) is 33.1. The quantitative estimate of drug-likeness (QED) is 0.427. The zero-order chi connectivity index (χ0) is 22.9. The lowest BCUT2D eigenvalue weighted by atomic mass is 9.75. The lowest BCUT2D eigenvalue weighted by Crippen LogP contribution is -2.38. The molecule has 2 fully saturated rings. The first-order valence-electron chi connectivity index (χ1n) is 11.4. The Morgan fingerprint density at radius 3 is 2.50 bits per heavy atom. The van der Waals surface area contributed by atoms with Crippen LogP contribution in [-0.2, 0) is 29.9 Å². The van der Waals surface area contributed by atoms with E-state index in [1.165, 1.54) is 12.4 Å². The van der Waals surface area contributed by atoms with E-state index >= 15 is 0 Å². The van der Waals surface area contributed by atoms with Gasteiger partial charge < -0.3 is 9.72 Å². The molecule has 1 saturated carbocycles. The number of rotatable bonds is 10. The number of hydrogen-bond donors (Lipinski definition) is 1. The number of nitrogens with zero attached hydrogens (tertiary/aromatic N) is 1. The smallest absolute Gasteiger partial charge is 0.318 e. The fourth-order valence-electron chi connectivity index (χ4n) is 5.08. The lowest BCUT2D eigenvalue weighted by Gasteiger charge is -2.26. The van der Waals surface area contributed by atoms with Crippen molar-refractivity contribution in [1.29, 1.82) is 0 Å². The fraction of sp³-hybridized carbons (Fsp3) is 0.542. The van der Waals surface area contributed by atoms with Crippen LogP contribution in [0.4, 0.5) is 0 Å². The Bertz CT molecular complexity index is 1080. The van der Waals surface area contributed by atoms with E-state index < -0.39 is 27.3 Å². The average Bonchev–Trinajstić information content (AvgIpc) is 3.34. The molecule has 0 bridgehead atoms. The standard InChI is InChI=1S/C24H30N2O5S/c1-3-10-24(11-4-2)21(27)20(22(28)31-24)19(17-8-9-17)18-7-5-6-16(14-18)15-32(29,30)23-25-12-13-26-23/h5-7,12-14,17,19-20H,3-4,8-11,15H2,1-2H3,(H,25,26). The highest BCUT2D eigenvalue weighted by molar-refractivity contribution is 7.90. The molecule has 172 valence electrons. The monoisotopic (exact) mass is 458 g/mol. The number of aromatic nitrogens is 2. The molecule has 0 spiro atoms. The van der Waals surface area contributed by atoms with Crippen LogP contribution in [0.2, 0.25) is 0 Å². The number of carbonyl (C=O) groups is 2. The summed E-state index contributed by atoms with van der Waals surface area (Å²) in [7, 11) is -3.62. The molecule has 2 heterocycles. The summed E-state index contributed by atoms with van der Waals surface area (Å²) in [5.74, 6) is -1.61. The number of Topliss-reactive ketones (excluding diaryl/α,β-unsaturated/α-hetero) is 1. The minimum atomic E-state index is -3.62. The second-order valence-corrected chi connectivity index (χ2v) is 10.9. The molecule has 1 aliphatic carbocycles. The van der Waals surface area contributed by atoms with E-state index in [1.807, 2.05) is 26.0 Å². The predicted molar refractivity (Wildman–Crippen MR) is 119 cm³/mol. The van der Waals surface area contributed by atoms with Crippen LogP contribution in [-0.4, -0.2) is 35.7 Å². The minimum Gasteiger partial charge on any atom is -0.450 e. The van der Waals surface area contributed by atoms with Crippen LogP contribution in [0.5, 0.6) is 0 Å². The number of cyclic esters (lactones) is 1. The second kappa shape index (κ2) is 8.81. The van der Waals surface area contributed by atoms with Gasteiger partial charge in [-0.2, -0.15) is 0 Å². The number of sulfone groups is 1. The van der Waals surface area contributed by atoms with Gasteiger partial charge in [0.15, 0.2) is 11.4 Å². The molecule has 1 aliphatic heterocycles. The van der Waals surface area contributed by atoms with E-state index in [4.69, 9.17) is 4.74 Å². The SMILES string of the molecule is CCCC1(CCC)OC(=O)C(C(c2cccc(CS(=O)(=O)c3ncc[nH]3)c2)C2CC2)C1=O. The van der Waals surface area contributed by atoms with E-state index in [0.717, 1.165) is 31.2 Å². The number of aromatic amines is 1. The molecule has 1 aromatic carbocycles. The number of esters is 1. The molecule has 1 saturated heterocycles. The first-order valence-corrected chi connectivity index (χ1v) is 13.0. The van der Waals surface area contributed by atoms with E-state index in [0.29, 0.717) is 18.4 Å². The van der Waals surface area contributed by atoms with Crippen molar-refractivity contribution in [3.63, 3.8) is 0 Å². The van der Waals surface area contributed by atoms with Gasteiger partial charge in [-0.15, -0.1) is 0 Å². The molecule has 2 aliphatic rings. The number of benzene rings is 1. The Morgan fingerprint density at radius 2 is 1.91 bits per heavy atom. The van der Waals surface area contributed by atoms with E-state index in [1.54, 1.807) is 12.1 Å². The summed E-state index contributed by atoms with van der Waals surface area (Å²) in [5.41, 5.74) is 0.425. The van der Waals surface area contributed by atoms with Crippen molar-refractivity contribution in [2.24, 2.45) is 11.8 Å². The van der Waals surface area contributed by atoms with E-state index in [2.05, 4.69) is 9.97 Å². The average molecular weight is 459 g/mol. The van der Waals surface area contributed by atoms with Gasteiger partial charge in [-0.05, 0) is 42.7 Å². The first-order chi connectivity index (χ1) is 15.3. The van der Waals surface area contributed by atoms with Crippen molar-refractivity contribution in [2.75, 3.05) is 0 Å². The summed E-state index contributed by atoms with van der Waals surface area (Å²) >= 11 is 0. The van der Waals surface area contributed by atoms with Crippen molar-refractivity contribution in [1.82, 2.24) is 9.97 Å². The van der Waals surface area contributed by atoms with Gasteiger partial charge in [0, 0.05) is 18.3 Å². The van der Waals surface area contributed by atoms with Crippen molar-refractivity contribution >= 4 is 21.6 Å². The van der Waals surface area contributed by atoms with Crippen molar-refractivity contribution < 1.29 is 22.7 Å². The Labute approximate surface area is 188 Å². The molecule has 1 aromatic heterocycles. The molecule has 32 heavy (non-hydrogen) atoms. The van der Waals surface area contributed by atoms with Crippen LogP contribution in [0.25, 0.3) is 0 Å². The number of hydrogen-bond acceptors (Lipinski definition) is 6. The number of ketones is 1. The Hall–Kier alpha value is -2.48. The third-order valence-corrected chi connectivity index (χ3v) is 8.06. The zero-order valence-corrected chi connectivity index (χ0v) is 19.4. The van der Waals surface area contributed by atoms with E-state index in [-0.39, 0.29) is 28.5 Å². The molecule has 7 nitrogen and oxygen atoms in total. The van der Waals surface area contributed by atoms with Gasteiger partial charge in [0.25, 0.3) is 0 Å². The maximum atomic E-state index is 13.6. The highest BCUT2D eigenvalue weighted by Crippen LogP contribution is 2.51. The fourth-order valence-corrected chi connectivity index (χ4v) is 6.30. The van der Waals surface area contributed by atoms with Gasteiger partial charge in [-0.1, -0.05) is 51.0 Å². The summed E-state index contributed by atoms with van der Waals surface area (Å²) in [6.45, 7) is 3.99. The van der Waals surface area contributed by atoms with Gasteiger partial charge in [0.1, 0.15) is 5.92 Å². The summed E-state index contributed by atoms with van der Waals surface area (Å²) in [5, 5.41) is -0.0693. The molecule has 8 heteroatoms. The van der Waals surface area contributed by atoms with Crippen LogP contribution in [0.3, 0.4) is 0 Å². The molecule has 0 radical (unpaired) electrons. The second-order valence-electron chi connectivity index (χ2n) is 9.02. The van der Waals surface area contributed by atoms with Crippen LogP contribution in [0.1, 0.15) is 69.4 Å². The normalized spacial score (nSPS) is 21.5. The molecule has 4 rings (SSSR count). The topological polar surface area (TPSA) is 106 Å². The molecular formula is C24H30N2O5S. The molecule has 0 amide bonds. The summed E-state index contributed by atoms with van der Waals surface area (Å²) < 4.78 is 31.1. The van der Waals surface area contributed by atoms with Gasteiger partial charge in [-0.25, -0.2) is 13.4 Å². The molecule has 2 atom stereocenters. The van der Waals surface area contributed by atoms with Gasteiger partial charge in [0.05, 0.1) is 5.75 Å². The molecule has 1 N–H and O–H groups in total. The maximum absolute atomic E-state index is 13.6. The summed E-state index contributed by atoms with van der Waals surface area (Å²) in [6.07, 6.45) is 7.39.